The highest BCUT2D eigenvalue weighted by atomic mass is 32.2. The Morgan fingerprint density at radius 3 is 2.58 bits per heavy atom. The molecule has 0 amide bonds. The standard InChI is InChI=1S/C14H11NO3S/c16-12-6-9-4-2-1-3-8(9)5-10(12)13-15-11(7-19-13)14(17)18/h1-6,11,16H,7H2,(H,17,18)/t11-/m1/s1. The van der Waals surface area contributed by atoms with Gasteiger partial charge in [0.25, 0.3) is 0 Å². The molecule has 1 aliphatic rings. The molecule has 96 valence electrons. The first-order valence-electron chi connectivity index (χ1n) is 5.80. The van der Waals surface area contributed by atoms with Gasteiger partial charge in [-0.1, -0.05) is 24.3 Å². The van der Waals surface area contributed by atoms with Gasteiger partial charge < -0.3 is 10.2 Å². The lowest BCUT2D eigenvalue weighted by atomic mass is 10.1. The molecule has 0 aromatic heterocycles. The third-order valence-corrected chi connectivity index (χ3v) is 4.11. The number of hydrogen-bond acceptors (Lipinski definition) is 4. The second-order valence-corrected chi connectivity index (χ2v) is 5.32. The summed E-state index contributed by atoms with van der Waals surface area (Å²) in [6.07, 6.45) is 0. The fourth-order valence-electron chi connectivity index (χ4n) is 2.05. The molecule has 1 aliphatic heterocycles. The second kappa shape index (κ2) is 4.59. The van der Waals surface area contributed by atoms with Gasteiger partial charge in [-0.15, -0.1) is 11.8 Å². The number of fused-ring (bicyclic) bond motifs is 1. The van der Waals surface area contributed by atoms with Crippen LogP contribution in [-0.4, -0.2) is 33.0 Å². The Balaban J connectivity index is 2.08. The van der Waals surface area contributed by atoms with E-state index in [1.807, 2.05) is 30.3 Å². The molecule has 1 heterocycles. The van der Waals surface area contributed by atoms with E-state index in [1.54, 1.807) is 6.07 Å². The first-order chi connectivity index (χ1) is 9.15. The Labute approximate surface area is 113 Å². The molecular weight excluding hydrogens is 262 g/mol. The van der Waals surface area contributed by atoms with Crippen LogP contribution in [0.25, 0.3) is 10.8 Å². The van der Waals surface area contributed by atoms with E-state index in [4.69, 9.17) is 5.11 Å². The SMILES string of the molecule is O=C(O)[C@H]1CSC(c2cc3ccccc3cc2O)=N1. The van der Waals surface area contributed by atoms with E-state index in [1.165, 1.54) is 11.8 Å². The largest absolute Gasteiger partial charge is 0.507 e. The summed E-state index contributed by atoms with van der Waals surface area (Å²) < 4.78 is 0. The maximum Gasteiger partial charge on any atom is 0.329 e. The fourth-order valence-corrected chi connectivity index (χ4v) is 3.10. The van der Waals surface area contributed by atoms with Crippen molar-refractivity contribution in [1.82, 2.24) is 0 Å². The topological polar surface area (TPSA) is 69.9 Å². The van der Waals surface area contributed by atoms with Crippen LogP contribution in [0.4, 0.5) is 0 Å². The molecule has 2 aromatic carbocycles. The van der Waals surface area contributed by atoms with Crippen LogP contribution < -0.4 is 0 Å². The maximum absolute atomic E-state index is 10.9. The van der Waals surface area contributed by atoms with E-state index < -0.39 is 12.0 Å². The Morgan fingerprint density at radius 2 is 1.95 bits per heavy atom. The van der Waals surface area contributed by atoms with Crippen LogP contribution >= 0.6 is 11.8 Å². The van der Waals surface area contributed by atoms with Gasteiger partial charge in [0.2, 0.25) is 0 Å². The van der Waals surface area contributed by atoms with Gasteiger partial charge >= 0.3 is 5.97 Å². The molecule has 0 bridgehead atoms. The van der Waals surface area contributed by atoms with E-state index in [-0.39, 0.29) is 5.75 Å². The van der Waals surface area contributed by atoms with Gasteiger partial charge in [-0.3, -0.25) is 4.99 Å². The van der Waals surface area contributed by atoms with E-state index >= 15 is 0 Å². The van der Waals surface area contributed by atoms with E-state index in [0.29, 0.717) is 16.4 Å². The van der Waals surface area contributed by atoms with Gasteiger partial charge in [0.05, 0.1) is 0 Å². The highest BCUT2D eigenvalue weighted by Gasteiger charge is 2.26. The molecule has 0 saturated carbocycles. The van der Waals surface area contributed by atoms with Gasteiger partial charge in [0.15, 0.2) is 6.04 Å². The lowest BCUT2D eigenvalue weighted by Crippen LogP contribution is -2.17. The summed E-state index contributed by atoms with van der Waals surface area (Å²) in [7, 11) is 0. The summed E-state index contributed by atoms with van der Waals surface area (Å²) in [6, 6.07) is 10.5. The molecule has 0 fully saturated rings. The minimum atomic E-state index is -0.928. The summed E-state index contributed by atoms with van der Waals surface area (Å²) >= 11 is 1.36. The molecule has 0 unspecified atom stereocenters. The van der Waals surface area contributed by atoms with Crippen molar-refractivity contribution in [3.8, 4) is 5.75 Å². The van der Waals surface area contributed by atoms with Crippen molar-refractivity contribution in [2.75, 3.05) is 5.75 Å². The number of phenolic OH excluding ortho intramolecular Hbond substituents is 1. The third kappa shape index (κ3) is 2.17. The average molecular weight is 273 g/mol. The smallest absolute Gasteiger partial charge is 0.329 e. The number of carbonyl (C=O) groups is 1. The van der Waals surface area contributed by atoms with Gasteiger partial charge in [-0.2, -0.15) is 0 Å². The zero-order valence-electron chi connectivity index (χ0n) is 9.91. The molecule has 19 heavy (non-hydrogen) atoms. The fraction of sp³-hybridized carbons (Fsp3) is 0.143. The van der Waals surface area contributed by atoms with Gasteiger partial charge in [-0.05, 0) is 22.9 Å². The zero-order chi connectivity index (χ0) is 13.4. The van der Waals surface area contributed by atoms with Crippen molar-refractivity contribution >= 4 is 33.5 Å². The van der Waals surface area contributed by atoms with Gasteiger partial charge in [0.1, 0.15) is 10.8 Å². The molecule has 4 nitrogen and oxygen atoms in total. The predicted octanol–water partition coefficient (Wildman–Crippen LogP) is 2.49. The number of benzene rings is 2. The third-order valence-electron chi connectivity index (χ3n) is 3.03. The van der Waals surface area contributed by atoms with Crippen molar-refractivity contribution < 1.29 is 15.0 Å². The normalized spacial score (nSPS) is 18.5. The lowest BCUT2D eigenvalue weighted by molar-refractivity contribution is -0.137. The molecule has 1 atom stereocenters. The summed E-state index contributed by atoms with van der Waals surface area (Å²) in [6.45, 7) is 0. The van der Waals surface area contributed by atoms with Crippen molar-refractivity contribution in [3.05, 3.63) is 42.0 Å². The molecule has 0 radical (unpaired) electrons. The minimum absolute atomic E-state index is 0.135. The van der Waals surface area contributed by atoms with Crippen LogP contribution in [0, 0.1) is 0 Å². The maximum atomic E-state index is 10.9. The predicted molar refractivity (Wildman–Crippen MR) is 76.0 cm³/mol. The van der Waals surface area contributed by atoms with Crippen molar-refractivity contribution in [2.24, 2.45) is 4.99 Å². The average Bonchev–Trinajstić information content (AvgIpc) is 2.87. The molecule has 3 rings (SSSR count). The number of phenols is 1. The number of aliphatic imine (C=N–C) groups is 1. The molecule has 2 aromatic rings. The summed E-state index contributed by atoms with van der Waals surface area (Å²) in [5.74, 6) is -0.379. The number of carboxylic acid groups (broad SMARTS) is 1. The van der Waals surface area contributed by atoms with E-state index in [0.717, 1.165) is 10.8 Å². The Bertz CT molecular complexity index is 696. The van der Waals surface area contributed by atoms with Crippen molar-refractivity contribution in [1.29, 1.82) is 0 Å². The van der Waals surface area contributed by atoms with Crippen LogP contribution in [0.15, 0.2) is 41.4 Å². The number of nitrogens with zero attached hydrogens (tertiary/aromatic N) is 1. The van der Waals surface area contributed by atoms with Crippen molar-refractivity contribution in [2.45, 2.75) is 6.04 Å². The van der Waals surface area contributed by atoms with E-state index in [2.05, 4.69) is 4.99 Å². The van der Waals surface area contributed by atoms with Gasteiger partial charge in [0, 0.05) is 11.3 Å². The monoisotopic (exact) mass is 273 g/mol. The van der Waals surface area contributed by atoms with Crippen LogP contribution in [0.5, 0.6) is 5.75 Å². The minimum Gasteiger partial charge on any atom is -0.507 e. The molecule has 0 spiro atoms. The van der Waals surface area contributed by atoms with Gasteiger partial charge in [-0.25, -0.2) is 4.79 Å². The summed E-state index contributed by atoms with van der Waals surface area (Å²) in [4.78, 5) is 15.0. The number of hydrogen-bond donors (Lipinski definition) is 2. The number of aliphatic carboxylic acids is 1. The molecule has 5 heteroatoms. The van der Waals surface area contributed by atoms with Crippen LogP contribution in [0.3, 0.4) is 0 Å². The molecule has 2 N–H and O–H groups in total. The first kappa shape index (κ1) is 12.0. The zero-order valence-corrected chi connectivity index (χ0v) is 10.7. The number of aromatic hydroxyl groups is 1. The number of carboxylic acids is 1. The highest BCUT2D eigenvalue weighted by molar-refractivity contribution is 8.14. The second-order valence-electron chi connectivity index (χ2n) is 4.32. The van der Waals surface area contributed by atoms with Crippen LogP contribution in [-0.2, 0) is 4.79 Å². The molecule has 0 saturated heterocycles. The summed E-state index contributed by atoms with van der Waals surface area (Å²) in [5, 5.41) is 21.5. The Hall–Kier alpha value is -2.01. The highest BCUT2D eigenvalue weighted by Crippen LogP contribution is 2.32. The van der Waals surface area contributed by atoms with Crippen LogP contribution in [0.1, 0.15) is 5.56 Å². The number of rotatable bonds is 2. The first-order valence-corrected chi connectivity index (χ1v) is 6.79. The number of thioether (sulfide) groups is 1. The molecular formula is C14H11NO3S. The van der Waals surface area contributed by atoms with Crippen molar-refractivity contribution in [3.63, 3.8) is 0 Å². The molecule has 0 aliphatic carbocycles. The Morgan fingerprint density at radius 1 is 1.26 bits per heavy atom. The Kier molecular flexibility index (Phi) is 2.91. The van der Waals surface area contributed by atoms with E-state index in [9.17, 15) is 9.90 Å². The summed E-state index contributed by atoms with van der Waals surface area (Å²) in [5.41, 5.74) is 0.604. The van der Waals surface area contributed by atoms with Crippen LogP contribution in [0.2, 0.25) is 0 Å². The lowest BCUT2D eigenvalue weighted by Gasteiger charge is -2.06. The quantitative estimate of drug-likeness (QED) is 0.882.